The molecular weight excluding hydrogens is 202 g/mol. The molecule has 15 heavy (non-hydrogen) atoms. The number of nitrogens with one attached hydrogen (secondary N) is 1. The third kappa shape index (κ3) is 3.30. The van der Waals surface area contributed by atoms with E-state index < -0.39 is 6.43 Å². The maximum absolute atomic E-state index is 12.2. The topological polar surface area (TPSA) is 41.0 Å². The first-order chi connectivity index (χ1) is 7.02. The Balaban J connectivity index is 2.88. The molecule has 0 bridgehead atoms. The monoisotopic (exact) mass is 216 g/mol. The SMILES string of the molecule is CNc1cc(N(C)CC(F)F)nc(C)n1. The second kappa shape index (κ2) is 4.86. The van der Waals surface area contributed by atoms with Crippen LogP contribution in [0.4, 0.5) is 20.4 Å². The molecule has 1 aromatic heterocycles. The molecule has 0 saturated carbocycles. The van der Waals surface area contributed by atoms with Crippen molar-refractivity contribution >= 4 is 11.6 Å². The number of hydrogen-bond donors (Lipinski definition) is 1. The molecule has 0 aliphatic carbocycles. The Morgan fingerprint density at radius 1 is 1.47 bits per heavy atom. The third-order valence-corrected chi connectivity index (χ3v) is 1.88. The molecule has 0 unspecified atom stereocenters. The van der Waals surface area contributed by atoms with Crippen molar-refractivity contribution in [1.82, 2.24) is 9.97 Å². The first kappa shape index (κ1) is 11.6. The van der Waals surface area contributed by atoms with Gasteiger partial charge in [0.25, 0.3) is 6.43 Å². The summed E-state index contributed by atoms with van der Waals surface area (Å²) >= 11 is 0. The first-order valence-electron chi connectivity index (χ1n) is 4.55. The zero-order valence-electron chi connectivity index (χ0n) is 8.96. The van der Waals surface area contributed by atoms with Crippen LogP contribution in [0.25, 0.3) is 0 Å². The van der Waals surface area contributed by atoms with E-state index in [1.54, 1.807) is 27.1 Å². The zero-order chi connectivity index (χ0) is 11.4. The normalized spacial score (nSPS) is 10.5. The van der Waals surface area contributed by atoms with E-state index in [1.165, 1.54) is 4.90 Å². The molecule has 84 valence electrons. The van der Waals surface area contributed by atoms with Crippen LogP contribution >= 0.6 is 0 Å². The number of alkyl halides is 2. The molecule has 0 spiro atoms. The van der Waals surface area contributed by atoms with Crippen molar-refractivity contribution in [3.05, 3.63) is 11.9 Å². The van der Waals surface area contributed by atoms with Crippen LogP contribution in [0, 0.1) is 6.92 Å². The van der Waals surface area contributed by atoms with Crippen molar-refractivity contribution in [2.24, 2.45) is 0 Å². The minimum atomic E-state index is -2.37. The third-order valence-electron chi connectivity index (χ3n) is 1.88. The summed E-state index contributed by atoms with van der Waals surface area (Å²) in [6.07, 6.45) is -2.37. The van der Waals surface area contributed by atoms with Gasteiger partial charge in [0.2, 0.25) is 0 Å². The number of anilines is 2. The molecule has 0 amide bonds. The Kier molecular flexibility index (Phi) is 3.76. The standard InChI is InChI=1S/C9H14F2N4/c1-6-13-8(12-2)4-9(14-6)15(3)5-7(10)11/h4,7H,5H2,1-3H3,(H,12,13,14). The van der Waals surface area contributed by atoms with Crippen molar-refractivity contribution in [2.75, 3.05) is 30.9 Å². The fourth-order valence-corrected chi connectivity index (χ4v) is 1.18. The van der Waals surface area contributed by atoms with Crippen molar-refractivity contribution < 1.29 is 8.78 Å². The van der Waals surface area contributed by atoms with Gasteiger partial charge in [-0.15, -0.1) is 0 Å². The van der Waals surface area contributed by atoms with E-state index in [2.05, 4.69) is 15.3 Å². The van der Waals surface area contributed by atoms with Gasteiger partial charge in [-0.3, -0.25) is 0 Å². The summed E-state index contributed by atoms with van der Waals surface area (Å²) in [6.45, 7) is 1.39. The smallest absolute Gasteiger partial charge is 0.255 e. The van der Waals surface area contributed by atoms with Crippen LogP contribution in [-0.2, 0) is 0 Å². The molecule has 0 aliphatic heterocycles. The molecule has 0 atom stereocenters. The lowest BCUT2D eigenvalue weighted by molar-refractivity contribution is 0.156. The first-order valence-corrected chi connectivity index (χ1v) is 4.55. The maximum Gasteiger partial charge on any atom is 0.255 e. The Morgan fingerprint density at radius 3 is 2.67 bits per heavy atom. The summed E-state index contributed by atoms with van der Waals surface area (Å²) in [5.41, 5.74) is 0. The van der Waals surface area contributed by atoms with Gasteiger partial charge in [-0.05, 0) is 6.92 Å². The Bertz CT molecular complexity index is 330. The number of rotatable bonds is 4. The lowest BCUT2D eigenvalue weighted by atomic mass is 10.4. The van der Waals surface area contributed by atoms with E-state index in [4.69, 9.17) is 0 Å². The molecule has 0 aliphatic rings. The van der Waals surface area contributed by atoms with Crippen LogP contribution < -0.4 is 10.2 Å². The Labute approximate surface area is 87.3 Å². The maximum atomic E-state index is 12.2. The Hall–Kier alpha value is -1.46. The minimum Gasteiger partial charge on any atom is -0.373 e. The molecule has 1 heterocycles. The van der Waals surface area contributed by atoms with Gasteiger partial charge in [0, 0.05) is 20.2 Å². The lowest BCUT2D eigenvalue weighted by Crippen LogP contribution is -2.25. The van der Waals surface area contributed by atoms with Gasteiger partial charge in [0.05, 0.1) is 6.54 Å². The summed E-state index contributed by atoms with van der Waals surface area (Å²) in [5, 5.41) is 2.85. The number of nitrogens with zero attached hydrogens (tertiary/aromatic N) is 3. The predicted octanol–water partition coefficient (Wildman–Crippen LogP) is 1.53. The van der Waals surface area contributed by atoms with E-state index in [0.29, 0.717) is 17.5 Å². The summed E-state index contributed by atoms with van der Waals surface area (Å²) < 4.78 is 24.3. The summed E-state index contributed by atoms with van der Waals surface area (Å²) in [5.74, 6) is 1.67. The van der Waals surface area contributed by atoms with E-state index in [1.807, 2.05) is 0 Å². The fraction of sp³-hybridized carbons (Fsp3) is 0.556. The van der Waals surface area contributed by atoms with Crippen LogP contribution in [-0.4, -0.2) is 37.0 Å². The molecule has 0 saturated heterocycles. The highest BCUT2D eigenvalue weighted by Gasteiger charge is 2.11. The average Bonchev–Trinajstić information content (AvgIpc) is 2.15. The molecule has 1 N–H and O–H groups in total. The zero-order valence-corrected chi connectivity index (χ0v) is 8.96. The van der Waals surface area contributed by atoms with E-state index in [0.717, 1.165) is 0 Å². The van der Waals surface area contributed by atoms with Gasteiger partial charge < -0.3 is 10.2 Å². The molecule has 0 aromatic carbocycles. The average molecular weight is 216 g/mol. The second-order valence-corrected chi connectivity index (χ2v) is 3.18. The van der Waals surface area contributed by atoms with Crippen LogP contribution in [0.3, 0.4) is 0 Å². The molecule has 1 aromatic rings. The molecule has 6 heteroatoms. The quantitative estimate of drug-likeness (QED) is 0.828. The summed E-state index contributed by atoms with van der Waals surface area (Å²) in [7, 11) is 3.30. The predicted molar refractivity (Wildman–Crippen MR) is 55.6 cm³/mol. The van der Waals surface area contributed by atoms with E-state index >= 15 is 0 Å². The summed E-state index contributed by atoms with van der Waals surface area (Å²) in [4.78, 5) is 9.56. The highest BCUT2D eigenvalue weighted by molar-refractivity contribution is 5.48. The molecule has 4 nitrogen and oxygen atoms in total. The molecule has 0 fully saturated rings. The largest absolute Gasteiger partial charge is 0.373 e. The van der Waals surface area contributed by atoms with Gasteiger partial charge in [0.1, 0.15) is 17.5 Å². The minimum absolute atomic E-state index is 0.334. The second-order valence-electron chi connectivity index (χ2n) is 3.18. The van der Waals surface area contributed by atoms with E-state index in [-0.39, 0.29) is 6.54 Å². The van der Waals surface area contributed by atoms with Crippen LogP contribution in [0.1, 0.15) is 5.82 Å². The van der Waals surface area contributed by atoms with Gasteiger partial charge in [-0.25, -0.2) is 18.7 Å². The number of halogens is 2. The Morgan fingerprint density at radius 2 is 2.13 bits per heavy atom. The van der Waals surface area contributed by atoms with Crippen molar-refractivity contribution in [2.45, 2.75) is 13.3 Å². The van der Waals surface area contributed by atoms with Gasteiger partial charge >= 0.3 is 0 Å². The highest BCUT2D eigenvalue weighted by atomic mass is 19.3. The highest BCUT2D eigenvalue weighted by Crippen LogP contribution is 2.14. The van der Waals surface area contributed by atoms with E-state index in [9.17, 15) is 8.78 Å². The number of aromatic nitrogens is 2. The molecular formula is C9H14F2N4. The van der Waals surface area contributed by atoms with Crippen LogP contribution in [0.2, 0.25) is 0 Å². The number of aryl methyl sites for hydroxylation is 1. The summed E-state index contributed by atoms with van der Waals surface area (Å²) in [6, 6.07) is 1.63. The molecule has 1 rings (SSSR count). The molecule has 0 radical (unpaired) electrons. The number of hydrogen-bond acceptors (Lipinski definition) is 4. The van der Waals surface area contributed by atoms with Crippen LogP contribution in [0.15, 0.2) is 6.07 Å². The van der Waals surface area contributed by atoms with Crippen molar-refractivity contribution in [1.29, 1.82) is 0 Å². The van der Waals surface area contributed by atoms with Gasteiger partial charge in [0.15, 0.2) is 0 Å². The van der Waals surface area contributed by atoms with Crippen molar-refractivity contribution in [3.8, 4) is 0 Å². The lowest BCUT2D eigenvalue weighted by Gasteiger charge is -2.18. The van der Waals surface area contributed by atoms with Gasteiger partial charge in [-0.1, -0.05) is 0 Å². The van der Waals surface area contributed by atoms with Crippen molar-refractivity contribution in [3.63, 3.8) is 0 Å². The fourth-order valence-electron chi connectivity index (χ4n) is 1.18. The van der Waals surface area contributed by atoms with Gasteiger partial charge in [-0.2, -0.15) is 0 Å². The van der Waals surface area contributed by atoms with Crippen LogP contribution in [0.5, 0.6) is 0 Å².